The van der Waals surface area contributed by atoms with E-state index in [4.69, 9.17) is 5.73 Å². The van der Waals surface area contributed by atoms with Crippen molar-refractivity contribution < 1.29 is 4.79 Å². The Kier molecular flexibility index (Phi) is 2.56. The van der Waals surface area contributed by atoms with Crippen LogP contribution >= 0.6 is 0 Å². The number of hydrogen-bond donors (Lipinski definition) is 3. The van der Waals surface area contributed by atoms with Gasteiger partial charge in [-0.15, -0.1) is 0 Å². The Balaban J connectivity index is 1.57. The summed E-state index contributed by atoms with van der Waals surface area (Å²) in [6.07, 6.45) is 4.09. The lowest BCUT2D eigenvalue weighted by atomic mass is 10.1. The third-order valence-corrected chi connectivity index (χ3v) is 3.42. The maximum atomic E-state index is 11.6. The Morgan fingerprint density at radius 1 is 1.50 bits per heavy atom. The first-order valence-corrected chi connectivity index (χ1v) is 6.17. The second-order valence-corrected chi connectivity index (χ2v) is 4.92. The van der Waals surface area contributed by atoms with E-state index in [0.717, 1.165) is 30.3 Å². The molecule has 94 valence electrons. The number of nitrogens with two attached hydrogens (primary N) is 1. The molecule has 5 nitrogen and oxygen atoms in total. The monoisotopic (exact) mass is 244 g/mol. The van der Waals surface area contributed by atoms with Gasteiger partial charge in [-0.3, -0.25) is 4.79 Å². The molecule has 0 atom stereocenters. The van der Waals surface area contributed by atoms with Crippen LogP contribution in [0.15, 0.2) is 24.5 Å². The first-order chi connectivity index (χ1) is 8.67. The highest BCUT2D eigenvalue weighted by Gasteiger charge is 2.45. The van der Waals surface area contributed by atoms with Crippen LogP contribution in [0.4, 0.5) is 0 Å². The molecule has 0 aliphatic heterocycles. The number of carbonyl (C=O) groups is 1. The normalized spacial score (nSPS) is 16.7. The molecule has 2 aromatic rings. The second-order valence-electron chi connectivity index (χ2n) is 4.92. The summed E-state index contributed by atoms with van der Waals surface area (Å²) in [5.74, 6) is -0.0230. The summed E-state index contributed by atoms with van der Waals surface area (Å²) in [5, 5.41) is 2.89. The number of aromatic amines is 1. The molecule has 5 heteroatoms. The maximum absolute atomic E-state index is 11.6. The lowest BCUT2D eigenvalue weighted by Crippen LogP contribution is -2.43. The minimum atomic E-state index is -0.576. The fourth-order valence-electron chi connectivity index (χ4n) is 2.00. The molecule has 1 amide bonds. The minimum Gasteiger partial charge on any atom is -0.354 e. The summed E-state index contributed by atoms with van der Waals surface area (Å²) < 4.78 is 0. The zero-order chi connectivity index (χ0) is 12.6. The van der Waals surface area contributed by atoms with Gasteiger partial charge in [0.2, 0.25) is 5.91 Å². The van der Waals surface area contributed by atoms with Gasteiger partial charge in [-0.05, 0) is 37.0 Å². The van der Waals surface area contributed by atoms with E-state index in [0.29, 0.717) is 6.54 Å². The quantitative estimate of drug-likeness (QED) is 0.740. The standard InChI is InChI=1S/C13H16N4O/c14-13(4-5-13)12(18)15-6-3-9-1-2-10-11(7-9)17-8-16-10/h1-2,7-8H,3-6,14H2,(H,15,18)(H,16,17). The number of amides is 1. The summed E-state index contributed by atoms with van der Waals surface area (Å²) in [7, 11) is 0. The van der Waals surface area contributed by atoms with Crippen LogP contribution in [0.1, 0.15) is 18.4 Å². The van der Waals surface area contributed by atoms with Gasteiger partial charge in [0.25, 0.3) is 0 Å². The molecule has 0 saturated heterocycles. The number of hydrogen-bond acceptors (Lipinski definition) is 3. The van der Waals surface area contributed by atoms with Crippen molar-refractivity contribution in [3.05, 3.63) is 30.1 Å². The van der Waals surface area contributed by atoms with Crippen LogP contribution in [0.3, 0.4) is 0 Å². The van der Waals surface area contributed by atoms with Gasteiger partial charge in [0.15, 0.2) is 0 Å². The van der Waals surface area contributed by atoms with E-state index in [9.17, 15) is 4.79 Å². The maximum Gasteiger partial charge on any atom is 0.240 e. The molecule has 4 N–H and O–H groups in total. The molecule has 0 unspecified atom stereocenters. The SMILES string of the molecule is NC1(C(=O)NCCc2ccc3nc[nH]c3c2)CC1. The topological polar surface area (TPSA) is 83.8 Å². The van der Waals surface area contributed by atoms with Crippen molar-refractivity contribution in [2.45, 2.75) is 24.8 Å². The van der Waals surface area contributed by atoms with Gasteiger partial charge in [-0.25, -0.2) is 4.98 Å². The fraction of sp³-hybridized carbons (Fsp3) is 0.385. The second kappa shape index (κ2) is 4.10. The van der Waals surface area contributed by atoms with E-state index in [1.807, 2.05) is 12.1 Å². The Morgan fingerprint density at radius 2 is 2.33 bits per heavy atom. The van der Waals surface area contributed by atoms with Gasteiger partial charge >= 0.3 is 0 Å². The van der Waals surface area contributed by atoms with E-state index in [-0.39, 0.29) is 5.91 Å². The van der Waals surface area contributed by atoms with Crippen molar-refractivity contribution >= 4 is 16.9 Å². The predicted octanol–water partition coefficient (Wildman–Crippen LogP) is 0.713. The van der Waals surface area contributed by atoms with Crippen LogP contribution in [0.2, 0.25) is 0 Å². The average molecular weight is 244 g/mol. The highest BCUT2D eigenvalue weighted by molar-refractivity contribution is 5.88. The number of carbonyl (C=O) groups excluding carboxylic acids is 1. The van der Waals surface area contributed by atoms with E-state index in [1.165, 1.54) is 5.56 Å². The van der Waals surface area contributed by atoms with Crippen molar-refractivity contribution in [2.24, 2.45) is 5.73 Å². The fourth-order valence-corrected chi connectivity index (χ4v) is 2.00. The van der Waals surface area contributed by atoms with Crippen LogP contribution < -0.4 is 11.1 Å². The van der Waals surface area contributed by atoms with E-state index in [2.05, 4.69) is 21.4 Å². The Hall–Kier alpha value is -1.88. The largest absolute Gasteiger partial charge is 0.354 e. The first kappa shape index (κ1) is 11.2. The van der Waals surface area contributed by atoms with Gasteiger partial charge in [0.05, 0.1) is 22.9 Å². The van der Waals surface area contributed by atoms with Crippen LogP contribution in [-0.4, -0.2) is 28.0 Å². The van der Waals surface area contributed by atoms with Crippen LogP contribution in [0, 0.1) is 0 Å². The molecule has 1 heterocycles. The Morgan fingerprint density at radius 3 is 3.11 bits per heavy atom. The van der Waals surface area contributed by atoms with Crippen molar-refractivity contribution in [1.82, 2.24) is 15.3 Å². The summed E-state index contributed by atoms with van der Waals surface area (Å²) in [6.45, 7) is 0.622. The average Bonchev–Trinajstić information content (AvgIpc) is 2.95. The Bertz CT molecular complexity index is 585. The molecule has 1 saturated carbocycles. The Labute approximate surface area is 105 Å². The third-order valence-electron chi connectivity index (χ3n) is 3.42. The lowest BCUT2D eigenvalue weighted by molar-refractivity contribution is -0.123. The summed E-state index contributed by atoms with van der Waals surface area (Å²) >= 11 is 0. The highest BCUT2D eigenvalue weighted by Crippen LogP contribution is 2.31. The minimum absolute atomic E-state index is 0.0230. The van der Waals surface area contributed by atoms with E-state index >= 15 is 0 Å². The van der Waals surface area contributed by atoms with Crippen molar-refractivity contribution in [3.8, 4) is 0 Å². The molecule has 3 rings (SSSR count). The lowest BCUT2D eigenvalue weighted by Gasteiger charge is -2.09. The summed E-state index contributed by atoms with van der Waals surface area (Å²) in [5.41, 5.74) is 8.39. The predicted molar refractivity (Wildman–Crippen MR) is 69.0 cm³/mol. The molecule has 1 aromatic heterocycles. The number of imidazole rings is 1. The molecule has 0 bridgehead atoms. The van der Waals surface area contributed by atoms with E-state index < -0.39 is 5.54 Å². The van der Waals surface area contributed by atoms with Crippen molar-refractivity contribution in [1.29, 1.82) is 0 Å². The number of H-pyrrole nitrogens is 1. The number of rotatable bonds is 4. The molecule has 0 radical (unpaired) electrons. The van der Waals surface area contributed by atoms with Gasteiger partial charge in [0, 0.05) is 6.54 Å². The third kappa shape index (κ3) is 2.09. The summed E-state index contributed by atoms with van der Waals surface area (Å²) in [6, 6.07) is 6.07. The molecular formula is C13H16N4O. The van der Waals surface area contributed by atoms with Gasteiger partial charge in [0.1, 0.15) is 0 Å². The molecule has 18 heavy (non-hydrogen) atoms. The summed E-state index contributed by atoms with van der Waals surface area (Å²) in [4.78, 5) is 18.9. The van der Waals surface area contributed by atoms with Gasteiger partial charge in [-0.2, -0.15) is 0 Å². The number of fused-ring (bicyclic) bond motifs is 1. The van der Waals surface area contributed by atoms with Crippen LogP contribution in [-0.2, 0) is 11.2 Å². The number of nitrogens with one attached hydrogen (secondary N) is 2. The van der Waals surface area contributed by atoms with Gasteiger partial charge < -0.3 is 16.0 Å². The first-order valence-electron chi connectivity index (χ1n) is 6.17. The van der Waals surface area contributed by atoms with Gasteiger partial charge in [-0.1, -0.05) is 6.07 Å². The zero-order valence-corrected chi connectivity index (χ0v) is 10.1. The highest BCUT2D eigenvalue weighted by atomic mass is 16.2. The molecule has 1 aromatic carbocycles. The number of benzene rings is 1. The van der Waals surface area contributed by atoms with Crippen molar-refractivity contribution in [3.63, 3.8) is 0 Å². The molecular weight excluding hydrogens is 228 g/mol. The smallest absolute Gasteiger partial charge is 0.240 e. The van der Waals surface area contributed by atoms with Crippen LogP contribution in [0.5, 0.6) is 0 Å². The number of aromatic nitrogens is 2. The zero-order valence-electron chi connectivity index (χ0n) is 10.1. The number of nitrogens with zero attached hydrogens (tertiary/aromatic N) is 1. The van der Waals surface area contributed by atoms with Crippen LogP contribution in [0.25, 0.3) is 11.0 Å². The molecule has 1 aliphatic carbocycles. The van der Waals surface area contributed by atoms with Crippen molar-refractivity contribution in [2.75, 3.05) is 6.54 Å². The molecule has 1 fully saturated rings. The van der Waals surface area contributed by atoms with E-state index in [1.54, 1.807) is 6.33 Å². The molecule has 1 aliphatic rings. The molecule has 0 spiro atoms.